The van der Waals surface area contributed by atoms with Crippen LogP contribution in [0, 0.1) is 0 Å². The maximum absolute atomic E-state index is 5.44. The topological polar surface area (TPSA) is 9.23 Å². The summed E-state index contributed by atoms with van der Waals surface area (Å²) < 4.78 is 5.44. The van der Waals surface area contributed by atoms with Gasteiger partial charge < -0.3 is 4.74 Å². The first kappa shape index (κ1) is 25.1. The molecule has 0 bridgehead atoms. The van der Waals surface area contributed by atoms with E-state index in [0.29, 0.717) is 6.10 Å². The van der Waals surface area contributed by atoms with Crippen molar-refractivity contribution < 1.29 is 4.74 Å². The first-order valence-electron chi connectivity index (χ1n) is 10.2. The summed E-state index contributed by atoms with van der Waals surface area (Å²) in [7, 11) is 3.52. The van der Waals surface area contributed by atoms with E-state index in [1.165, 1.54) is 95.6 Å². The third-order valence-corrected chi connectivity index (χ3v) is 7.00. The predicted octanol–water partition coefficient (Wildman–Crippen LogP) is 8.26. The highest BCUT2D eigenvalue weighted by atomic mass is 79.9. The van der Waals surface area contributed by atoms with E-state index in [0.717, 1.165) is 11.5 Å². The number of ether oxygens (including phenoxy) is 1. The lowest BCUT2D eigenvalue weighted by molar-refractivity contribution is 0.141. The summed E-state index contributed by atoms with van der Waals surface area (Å²) in [5.74, 6) is 3.47. The van der Waals surface area contributed by atoms with E-state index in [4.69, 9.17) is 4.74 Å². The second-order valence-corrected chi connectivity index (χ2v) is 9.88. The Morgan fingerprint density at radius 3 is 1.58 bits per heavy atom. The van der Waals surface area contributed by atoms with Crippen LogP contribution in [0.2, 0.25) is 0 Å². The normalized spacial score (nSPS) is 12.6. The van der Waals surface area contributed by atoms with Crippen molar-refractivity contribution in [3.63, 3.8) is 0 Å². The van der Waals surface area contributed by atoms with Crippen LogP contribution in [-0.4, -0.2) is 30.5 Å². The highest BCUT2D eigenvalue weighted by Gasteiger charge is 2.06. The fraction of sp³-hybridized carbons (Fsp3) is 1.00. The van der Waals surface area contributed by atoms with Gasteiger partial charge in [-0.05, 0) is 27.0 Å². The Kier molecular flexibility index (Phi) is 23.2. The summed E-state index contributed by atoms with van der Waals surface area (Å²) >= 11 is 5.46. The highest BCUT2D eigenvalue weighted by Crippen LogP contribution is 2.18. The summed E-state index contributed by atoms with van der Waals surface area (Å²) in [6.45, 7) is 2.29. The fourth-order valence-corrected chi connectivity index (χ4v) is 5.39. The first-order chi connectivity index (χ1) is 11.8. The zero-order chi connectivity index (χ0) is 17.7. The number of methoxy groups -OCH3 is 1. The van der Waals surface area contributed by atoms with Crippen molar-refractivity contribution in [3.05, 3.63) is 0 Å². The van der Waals surface area contributed by atoms with E-state index in [2.05, 4.69) is 33.5 Å². The summed E-state index contributed by atoms with van der Waals surface area (Å²) in [6, 6.07) is 0. The average Bonchev–Trinajstić information content (AvgIpc) is 2.60. The van der Waals surface area contributed by atoms with Crippen molar-refractivity contribution in [2.75, 3.05) is 24.4 Å². The number of unbranched alkanes of at least 4 members (excludes halogenated alkanes) is 13. The van der Waals surface area contributed by atoms with Crippen molar-refractivity contribution >= 4 is 36.8 Å². The molecular formula is C20H41BrOS2. The van der Waals surface area contributed by atoms with E-state index < -0.39 is 0 Å². The van der Waals surface area contributed by atoms with E-state index >= 15 is 0 Å². The van der Waals surface area contributed by atoms with Gasteiger partial charge in [0.1, 0.15) is 0 Å². The summed E-state index contributed by atoms with van der Waals surface area (Å²) in [6.07, 6.45) is 20.6. The molecule has 0 fully saturated rings. The molecule has 1 unspecified atom stereocenters. The van der Waals surface area contributed by atoms with Crippen LogP contribution in [0.15, 0.2) is 0 Å². The van der Waals surface area contributed by atoms with E-state index in [9.17, 15) is 0 Å². The Balaban J connectivity index is 3.07. The summed E-state index contributed by atoms with van der Waals surface area (Å²) in [4.78, 5) is 0. The first-order valence-corrected chi connectivity index (χ1v) is 14.2. The maximum Gasteiger partial charge on any atom is 0.0760 e. The van der Waals surface area contributed by atoms with Crippen molar-refractivity contribution in [3.8, 4) is 0 Å². The number of halogens is 1. The second-order valence-electron chi connectivity index (χ2n) is 6.80. The van der Waals surface area contributed by atoms with Gasteiger partial charge in [0.15, 0.2) is 0 Å². The van der Waals surface area contributed by atoms with Crippen molar-refractivity contribution in [2.24, 2.45) is 0 Å². The third kappa shape index (κ3) is 19.5. The molecule has 0 amide bonds. The molecule has 0 aromatic carbocycles. The largest absolute Gasteiger partial charge is 0.380 e. The molecule has 0 saturated carbocycles. The van der Waals surface area contributed by atoms with Gasteiger partial charge in [0.05, 0.1) is 6.10 Å². The molecule has 0 aromatic rings. The minimum absolute atomic E-state index is 0.394. The van der Waals surface area contributed by atoms with Gasteiger partial charge in [-0.2, -0.15) is 11.8 Å². The van der Waals surface area contributed by atoms with Gasteiger partial charge in [0.2, 0.25) is 0 Å². The van der Waals surface area contributed by atoms with E-state index in [1.54, 1.807) is 10.2 Å². The molecule has 0 aliphatic carbocycles. The summed E-state index contributed by atoms with van der Waals surface area (Å²) in [5, 5.41) is 0. The lowest BCUT2D eigenvalue weighted by atomic mass is 10.0. The molecule has 1 nitrogen and oxygen atoms in total. The van der Waals surface area contributed by atoms with Crippen LogP contribution < -0.4 is 0 Å². The zero-order valence-electron chi connectivity index (χ0n) is 16.2. The Morgan fingerprint density at radius 2 is 1.17 bits per heavy atom. The standard InChI is InChI=1S/C20H41BrOS2/c1-3-4-5-6-7-8-9-10-11-12-13-14-15-16-17-23-18-20(22-2)19-24-21/h20H,3-19H2,1-2H3. The molecule has 0 aliphatic heterocycles. The molecule has 0 aromatic heterocycles. The molecule has 0 radical (unpaired) electrons. The van der Waals surface area contributed by atoms with Crippen LogP contribution in [0.4, 0.5) is 0 Å². The molecule has 24 heavy (non-hydrogen) atoms. The highest BCUT2D eigenvalue weighted by molar-refractivity contribution is 9.50. The second kappa shape index (κ2) is 22.2. The third-order valence-electron chi connectivity index (χ3n) is 4.53. The number of hydrogen-bond acceptors (Lipinski definition) is 3. The number of rotatable bonds is 20. The Morgan fingerprint density at radius 1 is 0.708 bits per heavy atom. The van der Waals surface area contributed by atoms with Gasteiger partial charge in [0.25, 0.3) is 0 Å². The number of hydrogen-bond donors (Lipinski definition) is 0. The molecule has 0 aliphatic rings. The van der Waals surface area contributed by atoms with Crippen LogP contribution in [-0.2, 0) is 4.74 Å². The van der Waals surface area contributed by atoms with Gasteiger partial charge in [-0.25, -0.2) is 0 Å². The summed E-state index contributed by atoms with van der Waals surface area (Å²) in [5.41, 5.74) is 0. The molecule has 0 saturated heterocycles. The van der Waals surface area contributed by atoms with Crippen LogP contribution in [0.25, 0.3) is 0 Å². The number of thioether (sulfide) groups is 1. The molecule has 0 N–H and O–H groups in total. The average molecular weight is 442 g/mol. The van der Waals surface area contributed by atoms with Crippen LogP contribution in [0.1, 0.15) is 96.8 Å². The van der Waals surface area contributed by atoms with Gasteiger partial charge in [-0.15, -0.1) is 0 Å². The SMILES string of the molecule is CCCCCCCCCCCCCCCCSCC(CSBr)OC. The Hall–Kier alpha value is 1.14. The minimum Gasteiger partial charge on any atom is -0.380 e. The molecular weight excluding hydrogens is 400 g/mol. The van der Waals surface area contributed by atoms with Gasteiger partial charge in [-0.3, -0.25) is 0 Å². The molecule has 0 spiro atoms. The molecule has 1 atom stereocenters. The minimum atomic E-state index is 0.394. The van der Waals surface area contributed by atoms with E-state index in [1.807, 2.05) is 7.11 Å². The van der Waals surface area contributed by atoms with Crippen molar-refractivity contribution in [1.82, 2.24) is 0 Å². The van der Waals surface area contributed by atoms with Gasteiger partial charge in [0, 0.05) is 18.6 Å². The van der Waals surface area contributed by atoms with Crippen molar-refractivity contribution in [2.45, 2.75) is 103 Å². The monoisotopic (exact) mass is 440 g/mol. The fourth-order valence-electron chi connectivity index (χ4n) is 2.87. The lowest BCUT2D eigenvalue weighted by Crippen LogP contribution is -2.16. The molecule has 4 heteroatoms. The molecule has 146 valence electrons. The van der Waals surface area contributed by atoms with Crippen LogP contribution in [0.5, 0.6) is 0 Å². The Bertz CT molecular complexity index is 230. The zero-order valence-corrected chi connectivity index (χ0v) is 19.4. The van der Waals surface area contributed by atoms with Gasteiger partial charge in [-0.1, -0.05) is 101 Å². The van der Waals surface area contributed by atoms with Gasteiger partial charge >= 0.3 is 0 Å². The Labute approximate surface area is 168 Å². The lowest BCUT2D eigenvalue weighted by Gasteiger charge is -2.12. The quantitative estimate of drug-likeness (QED) is 0.176. The molecule has 0 heterocycles. The molecule has 0 rings (SSSR count). The maximum atomic E-state index is 5.44. The smallest absolute Gasteiger partial charge is 0.0760 e. The van der Waals surface area contributed by atoms with Crippen LogP contribution >= 0.6 is 36.8 Å². The predicted molar refractivity (Wildman–Crippen MR) is 120 cm³/mol. The van der Waals surface area contributed by atoms with Crippen molar-refractivity contribution in [1.29, 1.82) is 0 Å². The van der Waals surface area contributed by atoms with E-state index in [-0.39, 0.29) is 0 Å². The van der Waals surface area contributed by atoms with Crippen LogP contribution in [0.3, 0.4) is 0 Å².